The minimum absolute atomic E-state index is 0.0422. The van der Waals surface area contributed by atoms with Gasteiger partial charge in [0, 0.05) is 6.42 Å². The van der Waals surface area contributed by atoms with E-state index in [1.807, 2.05) is 0 Å². The molecule has 0 bridgehead atoms. The maximum atomic E-state index is 13.1. The van der Waals surface area contributed by atoms with Crippen molar-refractivity contribution < 1.29 is 24.5 Å². The van der Waals surface area contributed by atoms with E-state index in [1.165, 1.54) is 103 Å². The van der Waals surface area contributed by atoms with Crippen LogP contribution in [0.1, 0.15) is 233 Å². The van der Waals surface area contributed by atoms with Crippen molar-refractivity contribution in [3.05, 3.63) is 60.8 Å². The first-order valence-corrected chi connectivity index (χ1v) is 24.5. The largest absolute Gasteiger partial charge is 0.462 e. The Morgan fingerprint density at radius 3 is 1.41 bits per heavy atom. The van der Waals surface area contributed by atoms with Crippen LogP contribution in [0.3, 0.4) is 0 Å². The maximum Gasteiger partial charge on any atom is 0.306 e. The minimum atomic E-state index is -0.799. The molecule has 0 rings (SSSR count). The molecule has 0 saturated heterocycles. The number of allylic oxidation sites excluding steroid dienone is 10. The molecule has 3 N–H and O–H groups in total. The number of amides is 1. The molecular formula is C52H93NO5. The molecule has 0 aliphatic heterocycles. The van der Waals surface area contributed by atoms with Crippen LogP contribution in [0.25, 0.3) is 0 Å². The lowest BCUT2D eigenvalue weighted by atomic mass is 10.0. The van der Waals surface area contributed by atoms with Crippen molar-refractivity contribution in [3.63, 3.8) is 0 Å². The molecular weight excluding hydrogens is 719 g/mol. The first-order chi connectivity index (χ1) is 28.5. The predicted molar refractivity (Wildman–Crippen MR) is 250 cm³/mol. The highest BCUT2D eigenvalue weighted by Gasteiger charge is 2.24. The van der Waals surface area contributed by atoms with Gasteiger partial charge in [0.2, 0.25) is 5.91 Å². The van der Waals surface area contributed by atoms with Crippen molar-refractivity contribution in [2.45, 2.75) is 251 Å². The Morgan fingerprint density at radius 2 is 0.897 bits per heavy atom. The number of nitrogens with one attached hydrogen (secondary N) is 1. The lowest BCUT2D eigenvalue weighted by molar-refractivity contribution is -0.151. The van der Waals surface area contributed by atoms with E-state index in [2.05, 4.69) is 86.8 Å². The highest BCUT2D eigenvalue weighted by Crippen LogP contribution is 2.16. The van der Waals surface area contributed by atoms with Gasteiger partial charge >= 0.3 is 5.97 Å². The molecule has 0 aliphatic carbocycles. The number of unbranched alkanes of at least 4 members (excludes halogenated alkanes) is 21. The fourth-order valence-electron chi connectivity index (χ4n) is 7.06. The quantitative estimate of drug-likeness (QED) is 0.0324. The Balaban J connectivity index is 4.61. The van der Waals surface area contributed by atoms with Gasteiger partial charge in [0.1, 0.15) is 6.10 Å². The summed E-state index contributed by atoms with van der Waals surface area (Å²) in [5.41, 5.74) is 0. The zero-order valence-electron chi connectivity index (χ0n) is 38.2. The first-order valence-electron chi connectivity index (χ1n) is 24.5. The fraction of sp³-hybridized carbons (Fsp3) is 0.769. The number of aliphatic hydroxyl groups excluding tert-OH is 2. The Bertz CT molecular complexity index is 1050. The molecule has 336 valence electrons. The van der Waals surface area contributed by atoms with Crippen molar-refractivity contribution in [2.75, 3.05) is 6.61 Å². The summed E-state index contributed by atoms with van der Waals surface area (Å²) in [5.74, 6) is -0.543. The number of hydrogen-bond donors (Lipinski definition) is 3. The summed E-state index contributed by atoms with van der Waals surface area (Å²) >= 11 is 0. The van der Waals surface area contributed by atoms with Crippen LogP contribution < -0.4 is 5.32 Å². The fourth-order valence-corrected chi connectivity index (χ4v) is 7.06. The summed E-state index contributed by atoms with van der Waals surface area (Å²) in [5, 5.41) is 23.6. The SMILES string of the molecule is CCCCC/C=C\C/C=C\C/C=C\C/C=C\CCCCCC(=O)OC(CCC/C=C\CCCCCCCC)CC(=O)NC(CO)C(O)CCCCCCCCCCC. The lowest BCUT2D eigenvalue weighted by Gasteiger charge is -2.24. The number of carbonyl (C=O) groups is 2. The molecule has 6 nitrogen and oxygen atoms in total. The van der Waals surface area contributed by atoms with Gasteiger partial charge in [0.15, 0.2) is 0 Å². The summed E-state index contributed by atoms with van der Waals surface area (Å²) < 4.78 is 5.88. The number of aliphatic hydroxyl groups is 2. The smallest absolute Gasteiger partial charge is 0.306 e. The van der Waals surface area contributed by atoms with Crippen molar-refractivity contribution in [3.8, 4) is 0 Å². The molecule has 0 aromatic carbocycles. The molecule has 0 saturated carbocycles. The van der Waals surface area contributed by atoms with Crippen molar-refractivity contribution >= 4 is 11.9 Å². The Labute approximate surface area is 358 Å². The summed E-state index contributed by atoms with van der Waals surface area (Å²) in [6.45, 7) is 6.40. The lowest BCUT2D eigenvalue weighted by Crippen LogP contribution is -2.46. The second-order valence-electron chi connectivity index (χ2n) is 16.5. The van der Waals surface area contributed by atoms with Gasteiger partial charge in [-0.1, -0.05) is 191 Å². The third-order valence-corrected chi connectivity index (χ3v) is 10.8. The molecule has 0 spiro atoms. The van der Waals surface area contributed by atoms with Gasteiger partial charge < -0.3 is 20.3 Å². The van der Waals surface area contributed by atoms with Crippen molar-refractivity contribution in [1.82, 2.24) is 5.32 Å². The van der Waals surface area contributed by atoms with Gasteiger partial charge in [-0.25, -0.2) is 0 Å². The second kappa shape index (κ2) is 45.6. The normalized spacial score (nSPS) is 13.8. The van der Waals surface area contributed by atoms with E-state index in [0.29, 0.717) is 19.3 Å². The molecule has 3 atom stereocenters. The van der Waals surface area contributed by atoms with E-state index in [1.54, 1.807) is 0 Å². The molecule has 1 amide bonds. The first kappa shape index (κ1) is 55.6. The molecule has 0 aromatic rings. The van der Waals surface area contributed by atoms with Crippen molar-refractivity contribution in [1.29, 1.82) is 0 Å². The summed E-state index contributed by atoms with van der Waals surface area (Å²) in [4.78, 5) is 26.0. The Hall–Kier alpha value is -2.44. The van der Waals surface area contributed by atoms with Gasteiger partial charge in [-0.05, 0) is 89.9 Å². The van der Waals surface area contributed by atoms with Crippen LogP contribution >= 0.6 is 0 Å². The highest BCUT2D eigenvalue weighted by atomic mass is 16.5. The van der Waals surface area contributed by atoms with Crippen LogP contribution in [0.5, 0.6) is 0 Å². The van der Waals surface area contributed by atoms with E-state index in [9.17, 15) is 19.8 Å². The third kappa shape index (κ3) is 40.3. The van der Waals surface area contributed by atoms with Crippen LogP contribution in [0.4, 0.5) is 0 Å². The van der Waals surface area contributed by atoms with E-state index in [4.69, 9.17) is 4.74 Å². The highest BCUT2D eigenvalue weighted by molar-refractivity contribution is 5.77. The number of ether oxygens (including phenoxy) is 1. The van der Waals surface area contributed by atoms with E-state index >= 15 is 0 Å². The molecule has 0 aromatic heterocycles. The van der Waals surface area contributed by atoms with Crippen LogP contribution in [0, 0.1) is 0 Å². The second-order valence-corrected chi connectivity index (χ2v) is 16.5. The van der Waals surface area contributed by atoms with Crippen LogP contribution in [0.2, 0.25) is 0 Å². The van der Waals surface area contributed by atoms with Gasteiger partial charge in [-0.2, -0.15) is 0 Å². The van der Waals surface area contributed by atoms with E-state index < -0.39 is 18.2 Å². The number of esters is 1. The Kier molecular flexibility index (Phi) is 43.7. The molecule has 0 fully saturated rings. The standard InChI is InChI=1S/C52H93NO5/c1-4-7-10-13-16-19-21-22-23-24-25-26-27-28-30-33-36-39-42-45-52(57)58-48(43-40-37-34-32-29-20-17-14-11-8-5-2)46-51(56)53-49(47-54)50(55)44-41-38-35-31-18-15-12-9-6-3/h16,19,22-23,25-26,28,30,32,34,48-50,54-55H,4-15,17-18,20-21,24,27,29,31,33,35-47H2,1-3H3,(H,53,56)/b19-16-,23-22-,26-25-,30-28-,34-32-. The average Bonchev–Trinajstić information content (AvgIpc) is 3.22. The zero-order valence-corrected chi connectivity index (χ0v) is 38.2. The number of hydrogen-bond acceptors (Lipinski definition) is 5. The monoisotopic (exact) mass is 812 g/mol. The molecule has 6 heteroatoms. The van der Waals surface area contributed by atoms with Gasteiger partial charge in [-0.15, -0.1) is 0 Å². The predicted octanol–water partition coefficient (Wildman–Crippen LogP) is 14.5. The molecule has 58 heavy (non-hydrogen) atoms. The van der Waals surface area contributed by atoms with Gasteiger partial charge in [0.05, 0.1) is 25.2 Å². The zero-order chi connectivity index (χ0) is 42.4. The van der Waals surface area contributed by atoms with E-state index in [0.717, 1.165) is 83.5 Å². The molecule has 0 radical (unpaired) electrons. The average molecular weight is 812 g/mol. The van der Waals surface area contributed by atoms with Crippen LogP contribution in [-0.2, 0) is 14.3 Å². The third-order valence-electron chi connectivity index (χ3n) is 10.8. The molecule has 0 heterocycles. The minimum Gasteiger partial charge on any atom is -0.462 e. The van der Waals surface area contributed by atoms with Gasteiger partial charge in [-0.3, -0.25) is 9.59 Å². The van der Waals surface area contributed by atoms with Crippen LogP contribution in [0.15, 0.2) is 60.8 Å². The summed E-state index contributed by atoms with van der Waals surface area (Å²) in [6.07, 6.45) is 55.7. The summed E-state index contributed by atoms with van der Waals surface area (Å²) in [7, 11) is 0. The topological polar surface area (TPSA) is 95.9 Å². The van der Waals surface area contributed by atoms with Crippen molar-refractivity contribution in [2.24, 2.45) is 0 Å². The van der Waals surface area contributed by atoms with Gasteiger partial charge in [0.25, 0.3) is 0 Å². The number of carbonyl (C=O) groups excluding carboxylic acids is 2. The van der Waals surface area contributed by atoms with E-state index in [-0.39, 0.29) is 24.9 Å². The number of rotatable bonds is 43. The maximum absolute atomic E-state index is 13.1. The van der Waals surface area contributed by atoms with Crippen LogP contribution in [-0.4, -0.2) is 46.9 Å². The molecule has 0 aliphatic rings. The molecule has 3 unspecified atom stereocenters. The Morgan fingerprint density at radius 1 is 0.500 bits per heavy atom. The summed E-state index contributed by atoms with van der Waals surface area (Å²) in [6, 6.07) is -0.715.